The van der Waals surface area contributed by atoms with Gasteiger partial charge in [-0.3, -0.25) is 52.9 Å². The summed E-state index contributed by atoms with van der Waals surface area (Å²) in [6.45, 7) is 6.24. The highest BCUT2D eigenvalue weighted by atomic mass is 32.2. The Kier molecular flexibility index (Phi) is 26.6. The van der Waals surface area contributed by atoms with E-state index >= 15 is 14.4 Å². The lowest BCUT2D eigenvalue weighted by Gasteiger charge is -2.34. The molecule has 29 heteroatoms. The van der Waals surface area contributed by atoms with Gasteiger partial charge in [-0.05, 0) is 66.8 Å². The predicted octanol–water partition coefficient (Wildman–Crippen LogP) is 0.296. The summed E-state index contributed by atoms with van der Waals surface area (Å²) in [5.41, 5.74) is 21.4. The zero-order valence-corrected chi connectivity index (χ0v) is 54.5. The van der Waals surface area contributed by atoms with Gasteiger partial charge < -0.3 is 79.3 Å². The first kappa shape index (κ1) is 71.5. The summed E-state index contributed by atoms with van der Waals surface area (Å²) in [6, 6.07) is 11.5. The molecular weight excluding hydrogens is 1230 g/mol. The minimum atomic E-state index is -1.69. The highest BCUT2D eigenvalue weighted by molar-refractivity contribution is 7.99. The maximum absolute atomic E-state index is 15.4. The van der Waals surface area contributed by atoms with Gasteiger partial charge in [0.1, 0.15) is 54.4 Å². The van der Waals surface area contributed by atoms with Crippen LogP contribution in [0.5, 0.6) is 0 Å². The minimum Gasteiger partial charge on any atom is -0.391 e. The van der Waals surface area contributed by atoms with Gasteiger partial charge in [0.15, 0.2) is 5.96 Å². The molecule has 500 valence electrons. The summed E-state index contributed by atoms with van der Waals surface area (Å²) in [5, 5.41) is 31.2. The molecule has 1 fully saturated rings. The predicted molar refractivity (Wildman–Crippen MR) is 354 cm³/mol. The van der Waals surface area contributed by atoms with Gasteiger partial charge in [0.2, 0.25) is 59.1 Å². The molecule has 7 rings (SSSR count). The zero-order chi connectivity index (χ0) is 67.3. The van der Waals surface area contributed by atoms with E-state index in [4.69, 9.17) is 17.2 Å². The fraction of sp³-hybridized carbons (Fsp3) is 0.469. The average Bonchev–Trinajstić information content (AvgIpc) is 1.81. The smallest absolute Gasteiger partial charge is 0.246 e. The Morgan fingerprint density at radius 3 is 2.01 bits per heavy atom. The number of carbonyl (C=O) groups is 10. The number of benzene rings is 3. The third-order valence-electron chi connectivity index (χ3n) is 16.5. The molecule has 5 aromatic rings. The van der Waals surface area contributed by atoms with Crippen LogP contribution in [0.3, 0.4) is 0 Å². The number of fused-ring (bicyclic) bond motifs is 3. The van der Waals surface area contributed by atoms with Gasteiger partial charge in [0, 0.05) is 98.3 Å². The Hall–Kier alpha value is -8.96. The zero-order valence-electron chi connectivity index (χ0n) is 52.9. The van der Waals surface area contributed by atoms with Crippen molar-refractivity contribution in [3.63, 3.8) is 0 Å². The lowest BCUT2D eigenvalue weighted by Crippen LogP contribution is -2.62. The highest BCUT2D eigenvalue weighted by Crippen LogP contribution is 2.26. The quantitative estimate of drug-likeness (QED) is 0.0381. The van der Waals surface area contributed by atoms with Crippen LogP contribution in [-0.2, 0) is 78.7 Å². The van der Waals surface area contributed by atoms with Crippen molar-refractivity contribution >= 4 is 99.5 Å². The summed E-state index contributed by atoms with van der Waals surface area (Å²) < 4.78 is 0. The van der Waals surface area contributed by atoms with E-state index in [1.807, 2.05) is 55.5 Å². The van der Waals surface area contributed by atoms with Gasteiger partial charge in [-0.15, -0.1) is 0 Å². The molecule has 0 spiro atoms. The number of nitrogens with one attached hydrogen (secondary N) is 9. The summed E-state index contributed by atoms with van der Waals surface area (Å²) in [6.07, 6.45) is 3.60. The molecule has 27 nitrogen and oxygen atoms in total. The molecule has 3 aromatic carbocycles. The van der Waals surface area contributed by atoms with E-state index in [0.717, 1.165) is 26.9 Å². The van der Waals surface area contributed by atoms with E-state index in [1.165, 1.54) is 61.8 Å². The Labute approximate surface area is 548 Å². The summed E-state index contributed by atoms with van der Waals surface area (Å²) in [7, 11) is 1.38. The van der Waals surface area contributed by atoms with E-state index in [0.29, 0.717) is 41.2 Å². The molecule has 16 N–H and O–H groups in total. The average molecular weight is 1320 g/mol. The number of primary amides is 1. The summed E-state index contributed by atoms with van der Waals surface area (Å²) in [4.78, 5) is 161. The van der Waals surface area contributed by atoms with Crippen LogP contribution in [0.25, 0.3) is 10.9 Å². The van der Waals surface area contributed by atoms with Crippen LogP contribution >= 0.6 is 23.5 Å². The highest BCUT2D eigenvalue weighted by Gasteiger charge is 2.42. The van der Waals surface area contributed by atoms with E-state index < -0.39 is 125 Å². The maximum atomic E-state index is 15.4. The molecule has 0 saturated carbocycles. The number of aromatic nitrogens is 3. The lowest BCUT2D eigenvalue weighted by atomic mass is 9.97. The molecule has 1 saturated heterocycles. The first-order valence-corrected chi connectivity index (χ1v) is 33.3. The van der Waals surface area contributed by atoms with Crippen molar-refractivity contribution in [1.29, 1.82) is 0 Å². The molecule has 10 amide bonds. The number of para-hydroxylation sites is 1. The molecule has 2 aliphatic rings. The second-order valence-corrected chi connectivity index (χ2v) is 25.5. The number of guanidine groups is 1. The minimum absolute atomic E-state index is 0.000299. The summed E-state index contributed by atoms with van der Waals surface area (Å²) in [5.74, 6) is -7.47. The first-order valence-electron chi connectivity index (χ1n) is 31.0. The van der Waals surface area contributed by atoms with Crippen molar-refractivity contribution in [1.82, 2.24) is 62.0 Å². The van der Waals surface area contributed by atoms with Crippen molar-refractivity contribution in [3.8, 4) is 0 Å². The van der Waals surface area contributed by atoms with Crippen molar-refractivity contribution < 1.29 is 53.1 Å². The number of aromatic amines is 2. The van der Waals surface area contributed by atoms with Gasteiger partial charge in [-0.2, -0.15) is 23.5 Å². The molecule has 0 bridgehead atoms. The Morgan fingerprint density at radius 2 is 1.35 bits per heavy atom. The van der Waals surface area contributed by atoms with Gasteiger partial charge in [0.05, 0.1) is 12.4 Å². The number of imidazole rings is 1. The fourth-order valence-corrected chi connectivity index (χ4v) is 13.4. The van der Waals surface area contributed by atoms with E-state index in [9.17, 15) is 38.7 Å². The number of nitrogens with two attached hydrogens (primary N) is 3. The van der Waals surface area contributed by atoms with Crippen molar-refractivity contribution in [2.75, 3.05) is 31.6 Å². The van der Waals surface area contributed by atoms with Crippen LogP contribution in [-0.4, -0.2) is 187 Å². The van der Waals surface area contributed by atoms with Crippen LogP contribution in [0.2, 0.25) is 0 Å². The van der Waals surface area contributed by atoms with Gasteiger partial charge in [-0.25, -0.2) is 4.98 Å². The SMILES string of the molecule is CC[C@H](C)[C@@H]1NC(=O)[C@@H]2CCCN2C(=O)[C@H](Cc2c[nH]c3ccccc23)NC(=O)[C@H](CCCN=C(N)N)N(C)C(=O)[C@H](Cc2ccccc2)NC(=O)[C@H](Cc2cnc[nH]2)NC(=O)[C@H]([C@@H](C)O)NC(=O)[C@@H](NC(C)=O)CSCc2ccccc2CSC[C@@H](C(N)=O)NC1=O. The van der Waals surface area contributed by atoms with E-state index in [-0.39, 0.29) is 69.1 Å². The number of carbonyl (C=O) groups excluding carboxylic acids is 10. The van der Waals surface area contributed by atoms with Crippen LogP contribution in [0.15, 0.2) is 103 Å². The number of hydrogen-bond acceptors (Lipinski definition) is 15. The number of amides is 10. The molecule has 93 heavy (non-hydrogen) atoms. The fourth-order valence-electron chi connectivity index (χ4n) is 11.2. The molecule has 0 aliphatic carbocycles. The molecule has 2 aromatic heterocycles. The van der Waals surface area contributed by atoms with Crippen molar-refractivity contribution in [2.45, 2.75) is 151 Å². The number of hydrogen-bond donors (Lipinski definition) is 13. The van der Waals surface area contributed by atoms with Crippen molar-refractivity contribution in [2.24, 2.45) is 28.1 Å². The number of aliphatic hydroxyl groups is 1. The maximum Gasteiger partial charge on any atom is 0.246 e. The molecule has 4 heterocycles. The molecule has 0 unspecified atom stereocenters. The van der Waals surface area contributed by atoms with Crippen LogP contribution in [0.1, 0.15) is 87.7 Å². The Balaban J connectivity index is 1.29. The van der Waals surface area contributed by atoms with Crippen LogP contribution < -0.4 is 54.4 Å². The second kappa shape index (κ2) is 34.6. The number of H-pyrrole nitrogens is 2. The van der Waals surface area contributed by atoms with Gasteiger partial charge in [0.25, 0.3) is 0 Å². The van der Waals surface area contributed by atoms with E-state index in [1.54, 1.807) is 43.5 Å². The van der Waals surface area contributed by atoms with Gasteiger partial charge >= 0.3 is 0 Å². The Bertz CT molecular complexity index is 3440. The lowest BCUT2D eigenvalue weighted by molar-refractivity contribution is -0.145. The first-order chi connectivity index (χ1) is 44.5. The number of nitrogens with zero attached hydrogens (tertiary/aromatic N) is 4. The van der Waals surface area contributed by atoms with Crippen molar-refractivity contribution in [3.05, 3.63) is 126 Å². The van der Waals surface area contributed by atoms with Gasteiger partial charge in [-0.1, -0.05) is 93.1 Å². The van der Waals surface area contributed by atoms with E-state index in [2.05, 4.69) is 57.2 Å². The molecule has 2 aliphatic heterocycles. The monoisotopic (exact) mass is 1320 g/mol. The largest absolute Gasteiger partial charge is 0.391 e. The Morgan fingerprint density at radius 1 is 0.720 bits per heavy atom. The molecular formula is C64H86N16O11S2. The number of thioether (sulfide) groups is 2. The topological polar surface area (TPSA) is 417 Å². The molecule has 11 atom stereocenters. The third-order valence-corrected chi connectivity index (χ3v) is 18.7. The van der Waals surface area contributed by atoms with Crippen LogP contribution in [0, 0.1) is 5.92 Å². The number of likely N-dealkylation sites (N-methyl/N-ethyl adjacent to an activating group) is 1. The summed E-state index contributed by atoms with van der Waals surface area (Å²) >= 11 is 2.62. The number of aliphatic imine (C=N–C) groups is 1. The normalized spacial score (nSPS) is 24.0. The number of aliphatic hydroxyl groups excluding tert-OH is 1. The standard InChI is InChI=1S/C64H86N16O11S2/c1-6-36(2)53-60(88)76-49(55(65)83)33-92-31-40-18-10-11-19-41(40)32-93-34-50(72-38(4)82)57(85)78-54(37(3)81)61(89)73-46(28-43-30-68-35-71-43)56(84)74-47(26-39-16-8-7-9-17-39)62(90)79(5)51(22-14-24-69-64(66)67)58(86)75-48(27-42-29-70-45-21-13-12-20-44(42)45)63(91)80-25-15-23-52(80)59(87)77-53/h7-13,16-21,29-30,35-37,46-54,70,81H,6,14-15,22-28,31-34H2,1-5H3,(H2,65,83)(H,68,71)(H,72,82)(H,73,89)(H,74,84)(H,75,86)(H,76,88)(H,77,87)(H,78,85)(H4,66,67,69)/t36-,37+,46-,47-,48-,49-,50-,51-,52-,53-,54-/m0/s1. The number of rotatable bonds is 15. The second-order valence-electron chi connectivity index (χ2n) is 23.4. The molecule has 0 radical (unpaired) electrons. The van der Waals surface area contributed by atoms with Crippen LogP contribution in [0.4, 0.5) is 0 Å². The third kappa shape index (κ3) is 20.3.